The first-order valence-electron chi connectivity index (χ1n) is 9.68. The summed E-state index contributed by atoms with van der Waals surface area (Å²) in [6.45, 7) is 5.74. The molecule has 1 spiro atoms. The summed E-state index contributed by atoms with van der Waals surface area (Å²) in [4.78, 5) is 22.7. The van der Waals surface area contributed by atoms with Crippen LogP contribution in [0.15, 0.2) is 36.7 Å². The van der Waals surface area contributed by atoms with E-state index in [4.69, 9.17) is 14.2 Å². The summed E-state index contributed by atoms with van der Waals surface area (Å²) in [6, 6.07) is 9.99. The van der Waals surface area contributed by atoms with E-state index in [1.807, 2.05) is 44.2 Å². The first-order valence-corrected chi connectivity index (χ1v) is 9.68. The highest BCUT2D eigenvalue weighted by Gasteiger charge is 2.46. The molecule has 0 saturated carbocycles. The summed E-state index contributed by atoms with van der Waals surface area (Å²) in [5.41, 5.74) is 2.41. The molecule has 1 amide bonds. The van der Waals surface area contributed by atoms with E-state index in [9.17, 15) is 4.79 Å². The van der Waals surface area contributed by atoms with E-state index in [-0.39, 0.29) is 12.2 Å². The number of piperidine rings is 1. The summed E-state index contributed by atoms with van der Waals surface area (Å²) >= 11 is 0. The molecule has 0 bridgehead atoms. The molecule has 1 saturated heterocycles. The monoisotopic (exact) mass is 383 g/mol. The molecule has 7 heteroatoms. The number of fused-ring (bicyclic) bond motifs is 2. The third-order valence-corrected chi connectivity index (χ3v) is 5.21. The van der Waals surface area contributed by atoms with Gasteiger partial charge in [-0.05, 0) is 32.3 Å². The Hall–Kier alpha value is -2.67. The molecular weight excluding hydrogens is 358 g/mol. The van der Waals surface area contributed by atoms with Gasteiger partial charge < -0.3 is 19.1 Å². The lowest BCUT2D eigenvalue weighted by Gasteiger charge is -2.38. The second-order valence-corrected chi connectivity index (χ2v) is 7.48. The van der Waals surface area contributed by atoms with E-state index >= 15 is 0 Å². The minimum atomic E-state index is -0.474. The molecule has 0 radical (unpaired) electrons. The number of carbonyl (C=O) groups excluding carboxylic acids is 1. The lowest BCUT2D eigenvalue weighted by atomic mass is 9.87. The van der Waals surface area contributed by atoms with Crippen molar-refractivity contribution in [2.75, 3.05) is 13.1 Å². The number of aromatic nitrogens is 2. The van der Waals surface area contributed by atoms with Crippen molar-refractivity contribution in [3.05, 3.63) is 53.5 Å². The van der Waals surface area contributed by atoms with E-state index in [0.29, 0.717) is 45.0 Å². The fourth-order valence-corrected chi connectivity index (χ4v) is 3.76. The Morgan fingerprint density at radius 2 is 1.96 bits per heavy atom. The van der Waals surface area contributed by atoms with Crippen LogP contribution in [0.2, 0.25) is 0 Å². The molecule has 1 aromatic carbocycles. The third kappa shape index (κ3) is 3.67. The van der Waals surface area contributed by atoms with E-state index in [1.165, 1.54) is 6.33 Å². The highest BCUT2D eigenvalue weighted by atomic mass is 16.6. The van der Waals surface area contributed by atoms with Gasteiger partial charge in [0.1, 0.15) is 18.5 Å². The minimum absolute atomic E-state index is 0.121. The predicted molar refractivity (Wildman–Crippen MR) is 102 cm³/mol. The van der Waals surface area contributed by atoms with Crippen LogP contribution in [0, 0.1) is 0 Å². The van der Waals surface area contributed by atoms with Gasteiger partial charge in [0.25, 0.3) is 0 Å². The van der Waals surface area contributed by atoms with Crippen molar-refractivity contribution in [1.29, 1.82) is 0 Å². The summed E-state index contributed by atoms with van der Waals surface area (Å²) in [5.74, 6) is 0.576. The number of benzene rings is 1. The average molecular weight is 383 g/mol. The fourth-order valence-electron chi connectivity index (χ4n) is 3.76. The van der Waals surface area contributed by atoms with Crippen molar-refractivity contribution in [2.24, 2.45) is 0 Å². The van der Waals surface area contributed by atoms with E-state index in [0.717, 1.165) is 16.8 Å². The lowest BCUT2D eigenvalue weighted by Crippen LogP contribution is -2.46. The zero-order chi connectivity index (χ0) is 19.6. The standard InChI is InChI=1S/C21H25N3O4/c1-15(2)28-20(25)24-10-8-21(9-11-24)18-17(13-27-21)19(23-14-22-18)26-12-16-6-4-3-5-7-16/h3-7,14-15H,8-13H2,1-2H3. The van der Waals surface area contributed by atoms with Crippen LogP contribution in [0.25, 0.3) is 0 Å². The van der Waals surface area contributed by atoms with Gasteiger partial charge in [0.2, 0.25) is 5.88 Å². The van der Waals surface area contributed by atoms with E-state index < -0.39 is 5.60 Å². The van der Waals surface area contributed by atoms with Crippen LogP contribution in [-0.4, -0.2) is 40.2 Å². The molecule has 2 aliphatic heterocycles. The minimum Gasteiger partial charge on any atom is -0.472 e. The van der Waals surface area contributed by atoms with Gasteiger partial charge in [0, 0.05) is 13.1 Å². The molecule has 0 aliphatic carbocycles. The van der Waals surface area contributed by atoms with Crippen LogP contribution in [-0.2, 0) is 28.3 Å². The molecule has 1 aromatic heterocycles. The van der Waals surface area contributed by atoms with Crippen molar-refractivity contribution in [3.63, 3.8) is 0 Å². The Labute approximate surface area is 164 Å². The highest BCUT2D eigenvalue weighted by molar-refractivity contribution is 5.68. The van der Waals surface area contributed by atoms with Gasteiger partial charge in [-0.25, -0.2) is 14.8 Å². The molecule has 0 unspecified atom stereocenters. The second kappa shape index (κ2) is 7.75. The number of nitrogens with zero attached hydrogens (tertiary/aromatic N) is 3. The number of carbonyl (C=O) groups is 1. The summed E-state index contributed by atoms with van der Waals surface area (Å²) in [5, 5.41) is 0. The maximum Gasteiger partial charge on any atom is 0.410 e. The number of hydrogen-bond donors (Lipinski definition) is 0. The Balaban J connectivity index is 1.46. The zero-order valence-electron chi connectivity index (χ0n) is 16.3. The van der Waals surface area contributed by atoms with Gasteiger partial charge in [0.15, 0.2) is 0 Å². The largest absolute Gasteiger partial charge is 0.472 e. The Kier molecular flexibility index (Phi) is 5.17. The van der Waals surface area contributed by atoms with Gasteiger partial charge in [-0.1, -0.05) is 30.3 Å². The van der Waals surface area contributed by atoms with Crippen molar-refractivity contribution < 1.29 is 19.0 Å². The van der Waals surface area contributed by atoms with Gasteiger partial charge in [-0.2, -0.15) is 0 Å². The number of rotatable bonds is 4. The van der Waals surface area contributed by atoms with E-state index in [1.54, 1.807) is 4.90 Å². The Morgan fingerprint density at radius 3 is 2.68 bits per heavy atom. The van der Waals surface area contributed by atoms with Crippen molar-refractivity contribution in [3.8, 4) is 5.88 Å². The molecule has 1 fully saturated rings. The molecule has 2 aliphatic rings. The Bertz CT molecular complexity index is 833. The van der Waals surface area contributed by atoms with Crippen LogP contribution in [0.1, 0.15) is 43.5 Å². The van der Waals surface area contributed by atoms with Gasteiger partial charge in [-0.15, -0.1) is 0 Å². The summed E-state index contributed by atoms with van der Waals surface area (Å²) in [7, 11) is 0. The van der Waals surface area contributed by atoms with Crippen LogP contribution in [0.5, 0.6) is 5.88 Å². The predicted octanol–water partition coefficient (Wildman–Crippen LogP) is 3.42. The summed E-state index contributed by atoms with van der Waals surface area (Å²) in [6.07, 6.45) is 2.51. The molecule has 2 aromatic rings. The second-order valence-electron chi connectivity index (χ2n) is 7.48. The van der Waals surface area contributed by atoms with Crippen molar-refractivity contribution >= 4 is 6.09 Å². The van der Waals surface area contributed by atoms with Crippen molar-refractivity contribution in [2.45, 2.75) is 51.6 Å². The van der Waals surface area contributed by atoms with Crippen LogP contribution in [0.4, 0.5) is 4.79 Å². The lowest BCUT2D eigenvalue weighted by molar-refractivity contribution is -0.0793. The molecule has 3 heterocycles. The smallest absolute Gasteiger partial charge is 0.410 e. The van der Waals surface area contributed by atoms with Crippen molar-refractivity contribution in [1.82, 2.24) is 14.9 Å². The third-order valence-electron chi connectivity index (χ3n) is 5.21. The fraction of sp³-hybridized carbons (Fsp3) is 0.476. The zero-order valence-corrected chi connectivity index (χ0v) is 16.3. The van der Waals surface area contributed by atoms with Crippen LogP contribution < -0.4 is 4.74 Å². The maximum absolute atomic E-state index is 12.1. The quantitative estimate of drug-likeness (QED) is 0.805. The average Bonchev–Trinajstić information content (AvgIpc) is 3.06. The SMILES string of the molecule is CC(C)OC(=O)N1CCC2(CC1)OCc1c(OCc3ccccc3)ncnc12. The highest BCUT2D eigenvalue weighted by Crippen LogP contribution is 2.45. The molecule has 4 rings (SSSR count). The summed E-state index contributed by atoms with van der Waals surface area (Å²) < 4.78 is 17.5. The number of hydrogen-bond acceptors (Lipinski definition) is 6. The Morgan fingerprint density at radius 1 is 1.21 bits per heavy atom. The molecule has 7 nitrogen and oxygen atoms in total. The van der Waals surface area contributed by atoms with Gasteiger partial charge >= 0.3 is 6.09 Å². The molecule has 0 N–H and O–H groups in total. The molecular formula is C21H25N3O4. The van der Waals surface area contributed by atoms with Crippen LogP contribution >= 0.6 is 0 Å². The molecule has 0 atom stereocenters. The molecule has 28 heavy (non-hydrogen) atoms. The first kappa shape index (κ1) is 18.7. The van der Waals surface area contributed by atoms with Gasteiger partial charge in [0.05, 0.1) is 24.0 Å². The molecule has 148 valence electrons. The van der Waals surface area contributed by atoms with Gasteiger partial charge in [-0.3, -0.25) is 0 Å². The number of ether oxygens (including phenoxy) is 3. The first-order chi connectivity index (χ1) is 13.6. The number of likely N-dealkylation sites (tertiary alicyclic amines) is 1. The topological polar surface area (TPSA) is 73.8 Å². The van der Waals surface area contributed by atoms with E-state index in [2.05, 4.69) is 9.97 Å². The maximum atomic E-state index is 12.1. The van der Waals surface area contributed by atoms with Crippen LogP contribution in [0.3, 0.4) is 0 Å². The number of amides is 1. The normalized spacial score (nSPS) is 17.6.